The minimum atomic E-state index is -0.951. The molecule has 0 saturated heterocycles. The molecule has 0 radical (unpaired) electrons. The maximum absolute atomic E-state index is 12.9. The van der Waals surface area contributed by atoms with Crippen LogP contribution in [-0.2, 0) is 4.79 Å². The van der Waals surface area contributed by atoms with Crippen molar-refractivity contribution in [3.8, 4) is 0 Å². The number of nitrogens with one attached hydrogen (secondary N) is 2. The van der Waals surface area contributed by atoms with E-state index in [0.717, 1.165) is 0 Å². The van der Waals surface area contributed by atoms with Crippen LogP contribution in [-0.4, -0.2) is 23.0 Å². The van der Waals surface area contributed by atoms with Crippen molar-refractivity contribution in [2.75, 3.05) is 5.32 Å². The number of halogens is 1. The SMILES string of the molecule is CC(=O)Nc1ccc(C(=O)NC(C)C(O)c2ccc(F)cc2)cc1. The van der Waals surface area contributed by atoms with Crippen molar-refractivity contribution < 1.29 is 19.1 Å². The lowest BCUT2D eigenvalue weighted by atomic mass is 10.0. The van der Waals surface area contributed by atoms with E-state index in [0.29, 0.717) is 16.8 Å². The fourth-order valence-electron chi connectivity index (χ4n) is 2.23. The van der Waals surface area contributed by atoms with Gasteiger partial charge in [0.1, 0.15) is 5.82 Å². The predicted molar refractivity (Wildman–Crippen MR) is 89.0 cm³/mol. The lowest BCUT2D eigenvalue weighted by molar-refractivity contribution is -0.114. The average Bonchev–Trinajstić information content (AvgIpc) is 2.55. The zero-order chi connectivity index (χ0) is 17.7. The Morgan fingerprint density at radius 2 is 1.62 bits per heavy atom. The van der Waals surface area contributed by atoms with Crippen LogP contribution in [0.25, 0.3) is 0 Å². The van der Waals surface area contributed by atoms with Gasteiger partial charge in [0.15, 0.2) is 0 Å². The molecule has 0 aliphatic carbocycles. The Kier molecular flexibility index (Phi) is 5.65. The number of hydrogen-bond donors (Lipinski definition) is 3. The first-order valence-electron chi connectivity index (χ1n) is 7.49. The molecule has 2 atom stereocenters. The molecule has 0 fully saturated rings. The number of anilines is 1. The molecule has 0 heterocycles. The van der Waals surface area contributed by atoms with Crippen LogP contribution in [0.1, 0.15) is 35.9 Å². The maximum Gasteiger partial charge on any atom is 0.251 e. The van der Waals surface area contributed by atoms with Gasteiger partial charge in [0.2, 0.25) is 5.91 Å². The summed E-state index contributed by atoms with van der Waals surface area (Å²) in [6.07, 6.45) is -0.951. The summed E-state index contributed by atoms with van der Waals surface area (Å²) in [6.45, 7) is 3.07. The van der Waals surface area contributed by atoms with E-state index in [1.54, 1.807) is 31.2 Å². The predicted octanol–water partition coefficient (Wildman–Crippen LogP) is 2.64. The van der Waals surface area contributed by atoms with Crippen molar-refractivity contribution in [2.24, 2.45) is 0 Å². The topological polar surface area (TPSA) is 78.4 Å². The summed E-state index contributed by atoms with van der Waals surface area (Å²) >= 11 is 0. The van der Waals surface area contributed by atoms with E-state index >= 15 is 0 Å². The molecule has 24 heavy (non-hydrogen) atoms. The fraction of sp³-hybridized carbons (Fsp3) is 0.222. The van der Waals surface area contributed by atoms with E-state index in [4.69, 9.17) is 0 Å². The van der Waals surface area contributed by atoms with Crippen LogP contribution in [0.15, 0.2) is 48.5 Å². The summed E-state index contributed by atoms with van der Waals surface area (Å²) in [5, 5.41) is 15.5. The summed E-state index contributed by atoms with van der Waals surface area (Å²) in [4.78, 5) is 23.2. The lowest BCUT2D eigenvalue weighted by Crippen LogP contribution is -2.37. The molecule has 0 aliphatic rings. The van der Waals surface area contributed by atoms with Gasteiger partial charge in [-0.25, -0.2) is 4.39 Å². The third-order valence-corrected chi connectivity index (χ3v) is 3.51. The molecule has 3 N–H and O–H groups in total. The zero-order valence-electron chi connectivity index (χ0n) is 13.4. The molecule has 6 heteroatoms. The van der Waals surface area contributed by atoms with Crippen LogP contribution in [0.2, 0.25) is 0 Å². The number of carbonyl (C=O) groups excluding carboxylic acids is 2. The number of hydrogen-bond acceptors (Lipinski definition) is 3. The quantitative estimate of drug-likeness (QED) is 0.788. The van der Waals surface area contributed by atoms with E-state index in [-0.39, 0.29) is 17.6 Å². The van der Waals surface area contributed by atoms with Gasteiger partial charge in [-0.05, 0) is 48.9 Å². The molecule has 0 spiro atoms. The smallest absolute Gasteiger partial charge is 0.251 e. The second-order valence-electron chi connectivity index (χ2n) is 5.52. The molecule has 0 bridgehead atoms. The highest BCUT2D eigenvalue weighted by Gasteiger charge is 2.19. The van der Waals surface area contributed by atoms with E-state index < -0.39 is 12.1 Å². The number of amides is 2. The van der Waals surface area contributed by atoms with Crippen LogP contribution in [0.5, 0.6) is 0 Å². The van der Waals surface area contributed by atoms with Crippen molar-refractivity contribution in [1.82, 2.24) is 5.32 Å². The highest BCUT2D eigenvalue weighted by molar-refractivity contribution is 5.95. The van der Waals surface area contributed by atoms with E-state index in [1.165, 1.54) is 31.2 Å². The van der Waals surface area contributed by atoms with Gasteiger partial charge in [0, 0.05) is 18.2 Å². The molecule has 0 aliphatic heterocycles. The van der Waals surface area contributed by atoms with Gasteiger partial charge in [0.25, 0.3) is 5.91 Å². The Labute approximate surface area is 139 Å². The fourth-order valence-corrected chi connectivity index (χ4v) is 2.23. The minimum absolute atomic E-state index is 0.191. The van der Waals surface area contributed by atoms with E-state index in [1.807, 2.05) is 0 Å². The van der Waals surface area contributed by atoms with Crippen LogP contribution in [0.4, 0.5) is 10.1 Å². The molecule has 2 aromatic rings. The Morgan fingerprint density at radius 3 is 2.17 bits per heavy atom. The molecular weight excluding hydrogens is 311 g/mol. The van der Waals surface area contributed by atoms with Gasteiger partial charge in [-0.2, -0.15) is 0 Å². The van der Waals surface area contributed by atoms with Crippen molar-refractivity contribution >= 4 is 17.5 Å². The van der Waals surface area contributed by atoms with Crippen molar-refractivity contribution in [3.05, 3.63) is 65.5 Å². The molecular formula is C18H19FN2O3. The zero-order valence-corrected chi connectivity index (χ0v) is 13.4. The number of benzene rings is 2. The Bertz CT molecular complexity index is 714. The van der Waals surface area contributed by atoms with Gasteiger partial charge in [0.05, 0.1) is 12.1 Å². The van der Waals surface area contributed by atoms with Crippen LogP contribution in [0, 0.1) is 5.82 Å². The summed E-state index contributed by atoms with van der Waals surface area (Å²) in [6, 6.07) is 11.3. The third-order valence-electron chi connectivity index (χ3n) is 3.51. The molecule has 0 saturated carbocycles. The summed E-state index contributed by atoms with van der Waals surface area (Å²) < 4.78 is 12.9. The van der Waals surface area contributed by atoms with Crippen molar-refractivity contribution in [1.29, 1.82) is 0 Å². The summed E-state index contributed by atoms with van der Waals surface area (Å²) in [5.74, 6) is -0.928. The largest absolute Gasteiger partial charge is 0.386 e. The van der Waals surface area contributed by atoms with Gasteiger partial charge < -0.3 is 15.7 Å². The molecule has 2 aromatic carbocycles. The first kappa shape index (κ1) is 17.6. The second kappa shape index (κ2) is 7.70. The number of carbonyl (C=O) groups is 2. The molecule has 0 aromatic heterocycles. The van der Waals surface area contributed by atoms with Crippen molar-refractivity contribution in [3.63, 3.8) is 0 Å². The second-order valence-corrected chi connectivity index (χ2v) is 5.52. The number of rotatable bonds is 5. The minimum Gasteiger partial charge on any atom is -0.386 e. The molecule has 2 unspecified atom stereocenters. The average molecular weight is 330 g/mol. The Hall–Kier alpha value is -2.73. The normalized spacial score (nSPS) is 13.0. The Morgan fingerprint density at radius 1 is 1.04 bits per heavy atom. The molecule has 2 amide bonds. The third kappa shape index (κ3) is 4.63. The van der Waals surface area contributed by atoms with Gasteiger partial charge >= 0.3 is 0 Å². The van der Waals surface area contributed by atoms with Crippen LogP contribution in [0.3, 0.4) is 0 Å². The monoisotopic (exact) mass is 330 g/mol. The van der Waals surface area contributed by atoms with Crippen LogP contribution < -0.4 is 10.6 Å². The molecule has 2 rings (SSSR count). The van der Waals surface area contributed by atoms with Gasteiger partial charge in [-0.3, -0.25) is 9.59 Å². The van der Waals surface area contributed by atoms with Gasteiger partial charge in [-0.1, -0.05) is 12.1 Å². The first-order valence-corrected chi connectivity index (χ1v) is 7.49. The lowest BCUT2D eigenvalue weighted by Gasteiger charge is -2.20. The van der Waals surface area contributed by atoms with Crippen molar-refractivity contribution in [2.45, 2.75) is 26.0 Å². The highest BCUT2D eigenvalue weighted by atomic mass is 19.1. The molecule has 5 nitrogen and oxygen atoms in total. The van der Waals surface area contributed by atoms with E-state index in [2.05, 4.69) is 10.6 Å². The van der Waals surface area contributed by atoms with E-state index in [9.17, 15) is 19.1 Å². The Balaban J connectivity index is 2.00. The van der Waals surface area contributed by atoms with Gasteiger partial charge in [-0.15, -0.1) is 0 Å². The first-order chi connectivity index (χ1) is 11.4. The summed E-state index contributed by atoms with van der Waals surface area (Å²) in [5.41, 5.74) is 1.52. The summed E-state index contributed by atoms with van der Waals surface area (Å²) in [7, 11) is 0. The standard InChI is InChI=1S/C18H19FN2O3/c1-11(17(23)13-3-7-15(19)8-4-13)20-18(24)14-5-9-16(10-6-14)21-12(2)22/h3-11,17,23H,1-2H3,(H,20,24)(H,21,22). The maximum atomic E-state index is 12.9. The molecule has 126 valence electrons. The number of aliphatic hydroxyl groups excluding tert-OH is 1. The highest BCUT2D eigenvalue weighted by Crippen LogP contribution is 2.18. The van der Waals surface area contributed by atoms with Crippen LogP contribution >= 0.6 is 0 Å². The number of aliphatic hydroxyl groups is 1.